The predicted octanol–water partition coefficient (Wildman–Crippen LogP) is 1.03. The quantitative estimate of drug-likeness (QED) is 0.154. The number of hydrogen-bond donors (Lipinski definition) is 4. The van der Waals surface area contributed by atoms with Crippen LogP contribution in [0.15, 0.2) is 64.5 Å². The van der Waals surface area contributed by atoms with Crippen molar-refractivity contribution in [2.75, 3.05) is 31.2 Å². The SMILES string of the molecule is NC(N)=NC/C=C/CSC[C@@H]1CCCN1C(=O)[C@H](CO)NS(=O)(=O)c1ccc2ccccc2c1. The molecule has 0 bridgehead atoms. The molecule has 0 unspecified atom stereocenters. The van der Waals surface area contributed by atoms with Crippen molar-refractivity contribution >= 4 is 44.4 Å². The number of carbonyl (C=O) groups excluding carboxylic acids is 1. The lowest BCUT2D eigenvalue weighted by molar-refractivity contribution is -0.134. The van der Waals surface area contributed by atoms with Crippen molar-refractivity contribution in [3.8, 4) is 0 Å². The lowest BCUT2D eigenvalue weighted by atomic mass is 10.1. The van der Waals surface area contributed by atoms with Gasteiger partial charge in [0.1, 0.15) is 6.04 Å². The Hall–Kier alpha value is -2.60. The zero-order valence-electron chi connectivity index (χ0n) is 18.8. The second-order valence-electron chi connectivity index (χ2n) is 7.97. The van der Waals surface area contributed by atoms with E-state index in [0.717, 1.165) is 29.4 Å². The van der Waals surface area contributed by atoms with Gasteiger partial charge in [-0.3, -0.25) is 4.79 Å². The van der Waals surface area contributed by atoms with Crippen LogP contribution >= 0.6 is 11.8 Å². The number of amides is 1. The summed E-state index contributed by atoms with van der Waals surface area (Å²) in [7, 11) is -3.99. The van der Waals surface area contributed by atoms with Crippen molar-refractivity contribution in [1.29, 1.82) is 0 Å². The van der Waals surface area contributed by atoms with Gasteiger partial charge < -0.3 is 21.5 Å². The molecule has 1 aliphatic heterocycles. The van der Waals surface area contributed by atoms with Gasteiger partial charge in [0.05, 0.1) is 18.0 Å². The Morgan fingerprint density at radius 3 is 2.74 bits per heavy atom. The topological polar surface area (TPSA) is 151 Å². The van der Waals surface area contributed by atoms with E-state index < -0.39 is 28.6 Å². The van der Waals surface area contributed by atoms with Gasteiger partial charge in [-0.05, 0) is 35.7 Å². The molecule has 2 aromatic carbocycles. The number of carbonyl (C=O) groups is 1. The van der Waals surface area contributed by atoms with Crippen LogP contribution in [0.4, 0.5) is 0 Å². The van der Waals surface area contributed by atoms with Gasteiger partial charge in [-0.2, -0.15) is 16.5 Å². The Bertz CT molecular complexity index is 1150. The van der Waals surface area contributed by atoms with E-state index in [1.165, 1.54) is 6.07 Å². The molecule has 0 aromatic heterocycles. The summed E-state index contributed by atoms with van der Waals surface area (Å²) in [6.45, 7) is 0.348. The number of thioether (sulfide) groups is 1. The maximum absolute atomic E-state index is 13.1. The summed E-state index contributed by atoms with van der Waals surface area (Å²) in [5.41, 5.74) is 10.6. The van der Waals surface area contributed by atoms with Crippen LogP contribution in [0.2, 0.25) is 0 Å². The number of fused-ring (bicyclic) bond motifs is 1. The second-order valence-corrected chi connectivity index (χ2v) is 10.8. The predicted molar refractivity (Wildman–Crippen MR) is 137 cm³/mol. The molecular weight excluding hydrogens is 474 g/mol. The number of aliphatic hydroxyl groups is 1. The number of rotatable bonds is 11. The van der Waals surface area contributed by atoms with Crippen LogP contribution in [0.1, 0.15) is 12.8 Å². The Morgan fingerprint density at radius 2 is 2.00 bits per heavy atom. The Morgan fingerprint density at radius 1 is 1.24 bits per heavy atom. The molecule has 9 nitrogen and oxygen atoms in total. The number of nitrogens with two attached hydrogens (primary N) is 2. The summed E-state index contributed by atoms with van der Waals surface area (Å²) in [6, 6.07) is 11.0. The summed E-state index contributed by atoms with van der Waals surface area (Å²) in [4.78, 5) is 18.7. The minimum absolute atomic E-state index is 0.0113. The molecule has 2 aromatic rings. The Kier molecular flexibility index (Phi) is 9.34. The van der Waals surface area contributed by atoms with Crippen LogP contribution < -0.4 is 16.2 Å². The van der Waals surface area contributed by atoms with Gasteiger partial charge in [0.2, 0.25) is 15.9 Å². The van der Waals surface area contributed by atoms with Gasteiger partial charge in [-0.25, -0.2) is 13.4 Å². The van der Waals surface area contributed by atoms with Crippen molar-refractivity contribution in [2.24, 2.45) is 16.5 Å². The first-order valence-corrected chi connectivity index (χ1v) is 13.7. The number of sulfonamides is 1. The van der Waals surface area contributed by atoms with Gasteiger partial charge in [0.15, 0.2) is 5.96 Å². The molecule has 1 fully saturated rings. The zero-order valence-corrected chi connectivity index (χ0v) is 20.5. The van der Waals surface area contributed by atoms with E-state index >= 15 is 0 Å². The molecular formula is C23H31N5O4S2. The molecule has 3 rings (SSSR count). The van der Waals surface area contributed by atoms with Gasteiger partial charge >= 0.3 is 0 Å². The number of hydrogen-bond acceptors (Lipinski definition) is 6. The lowest BCUT2D eigenvalue weighted by Crippen LogP contribution is -2.52. The third-order valence-electron chi connectivity index (χ3n) is 5.54. The van der Waals surface area contributed by atoms with E-state index in [4.69, 9.17) is 11.5 Å². The standard InChI is InChI=1S/C23H31N5O4S2/c24-23(25)26-11-3-4-13-33-16-19-8-5-12-28(19)22(30)21(15-29)27-34(31,32)20-10-9-17-6-1-2-7-18(17)14-20/h1-4,6-7,9-10,14,19,21,27,29H,5,8,11-13,15-16H2,(H4,24,25,26)/b4-3+/t19-,21-/m0/s1. The summed E-state index contributed by atoms with van der Waals surface area (Å²) < 4.78 is 28.3. The molecule has 1 heterocycles. The van der Waals surface area contributed by atoms with Crippen LogP contribution in [0.25, 0.3) is 10.8 Å². The first-order valence-electron chi connectivity index (χ1n) is 11.0. The van der Waals surface area contributed by atoms with E-state index in [9.17, 15) is 18.3 Å². The summed E-state index contributed by atoms with van der Waals surface area (Å²) in [5.74, 6) is 1.11. The van der Waals surface area contributed by atoms with E-state index in [1.807, 2.05) is 36.4 Å². The van der Waals surface area contributed by atoms with Crippen LogP contribution in [0.5, 0.6) is 0 Å². The van der Waals surface area contributed by atoms with Crippen molar-refractivity contribution < 1.29 is 18.3 Å². The average molecular weight is 506 g/mol. The van der Waals surface area contributed by atoms with Gasteiger partial charge in [0.25, 0.3) is 0 Å². The van der Waals surface area contributed by atoms with E-state index in [-0.39, 0.29) is 16.9 Å². The number of aliphatic hydroxyl groups excluding tert-OH is 1. The first kappa shape index (κ1) is 26.0. The molecule has 1 saturated heterocycles. The molecule has 34 heavy (non-hydrogen) atoms. The fraction of sp³-hybridized carbons (Fsp3) is 0.391. The Labute approximate surface area is 204 Å². The number of nitrogens with one attached hydrogen (secondary N) is 1. The maximum atomic E-state index is 13.1. The van der Waals surface area contributed by atoms with Gasteiger partial charge in [-0.15, -0.1) is 0 Å². The molecule has 0 radical (unpaired) electrons. The molecule has 0 spiro atoms. The molecule has 11 heteroatoms. The minimum atomic E-state index is -3.99. The van der Waals surface area contributed by atoms with Crippen LogP contribution in [0, 0.1) is 0 Å². The summed E-state index contributed by atoms with van der Waals surface area (Å²) in [6.07, 6.45) is 5.51. The maximum Gasteiger partial charge on any atom is 0.243 e. The number of benzene rings is 2. The van der Waals surface area contributed by atoms with Crippen LogP contribution in [-0.4, -0.2) is 73.6 Å². The van der Waals surface area contributed by atoms with Crippen LogP contribution in [-0.2, 0) is 14.8 Å². The summed E-state index contributed by atoms with van der Waals surface area (Å²) in [5, 5.41) is 11.5. The third-order valence-corrected chi connectivity index (χ3v) is 8.06. The molecule has 2 atom stereocenters. The average Bonchev–Trinajstić information content (AvgIpc) is 3.29. The molecule has 184 valence electrons. The lowest BCUT2D eigenvalue weighted by Gasteiger charge is -2.28. The molecule has 1 amide bonds. The Balaban J connectivity index is 1.60. The first-order chi connectivity index (χ1) is 16.3. The largest absolute Gasteiger partial charge is 0.394 e. The van der Waals surface area contributed by atoms with E-state index in [1.54, 1.807) is 28.8 Å². The highest BCUT2D eigenvalue weighted by Gasteiger charge is 2.35. The minimum Gasteiger partial charge on any atom is -0.394 e. The van der Waals surface area contributed by atoms with Crippen molar-refractivity contribution in [1.82, 2.24) is 9.62 Å². The van der Waals surface area contributed by atoms with E-state index in [2.05, 4.69) is 9.71 Å². The monoisotopic (exact) mass is 505 g/mol. The number of aliphatic imine (C=N–C) groups is 1. The molecule has 0 aliphatic carbocycles. The molecule has 1 aliphatic rings. The molecule has 6 N–H and O–H groups in total. The smallest absolute Gasteiger partial charge is 0.243 e. The highest BCUT2D eigenvalue weighted by atomic mass is 32.2. The molecule has 0 saturated carbocycles. The highest BCUT2D eigenvalue weighted by molar-refractivity contribution is 7.99. The normalized spacial score (nSPS) is 17.3. The van der Waals surface area contributed by atoms with E-state index in [0.29, 0.717) is 18.8 Å². The number of nitrogens with zero attached hydrogens (tertiary/aromatic N) is 2. The fourth-order valence-electron chi connectivity index (χ4n) is 3.83. The number of guanidine groups is 1. The highest BCUT2D eigenvalue weighted by Crippen LogP contribution is 2.23. The van der Waals surface area contributed by atoms with Gasteiger partial charge in [-0.1, -0.05) is 42.5 Å². The number of likely N-dealkylation sites (tertiary alicyclic amines) is 1. The van der Waals surface area contributed by atoms with Crippen molar-refractivity contribution in [2.45, 2.75) is 29.8 Å². The van der Waals surface area contributed by atoms with Crippen molar-refractivity contribution in [3.05, 3.63) is 54.6 Å². The second kappa shape index (κ2) is 12.2. The van der Waals surface area contributed by atoms with Gasteiger partial charge in [0, 0.05) is 24.1 Å². The van der Waals surface area contributed by atoms with Crippen molar-refractivity contribution in [3.63, 3.8) is 0 Å². The zero-order chi connectivity index (χ0) is 24.6. The fourth-order valence-corrected chi connectivity index (χ4v) is 6.07. The summed E-state index contributed by atoms with van der Waals surface area (Å²) >= 11 is 1.67. The third kappa shape index (κ3) is 6.95. The van der Waals surface area contributed by atoms with Crippen LogP contribution in [0.3, 0.4) is 0 Å².